The summed E-state index contributed by atoms with van der Waals surface area (Å²) >= 11 is 5.80. The molecule has 9 heteroatoms. The van der Waals surface area contributed by atoms with E-state index in [4.69, 9.17) is 11.6 Å². The van der Waals surface area contributed by atoms with Crippen molar-refractivity contribution < 1.29 is 23.1 Å². The maximum absolute atomic E-state index is 13.3. The Kier molecular flexibility index (Phi) is 5.19. The molecule has 0 fully saturated rings. The van der Waals surface area contributed by atoms with Crippen LogP contribution in [0.4, 0.5) is 13.2 Å². The van der Waals surface area contributed by atoms with Gasteiger partial charge in [0.25, 0.3) is 0 Å². The Morgan fingerprint density at radius 2 is 2.12 bits per heavy atom. The Morgan fingerprint density at radius 1 is 1.42 bits per heavy atom. The number of aryl methyl sites for hydroxylation is 1. The molecule has 1 amide bonds. The molecule has 0 bridgehead atoms. The minimum atomic E-state index is -5.06. The highest BCUT2D eigenvalue weighted by Gasteiger charge is 2.58. The monoisotopic (exact) mass is 361 g/mol. The lowest BCUT2D eigenvalue weighted by molar-refractivity contribution is -0.271. The summed E-state index contributed by atoms with van der Waals surface area (Å²) in [6.07, 6.45) is -3.87. The average molecular weight is 362 g/mol. The van der Waals surface area contributed by atoms with Crippen molar-refractivity contribution in [3.05, 3.63) is 53.1 Å². The first-order valence-electron chi connectivity index (χ1n) is 6.91. The van der Waals surface area contributed by atoms with E-state index in [0.29, 0.717) is 10.6 Å². The zero-order valence-corrected chi connectivity index (χ0v) is 13.4. The molecular formula is C15H15ClF3N3O2. The second-order valence-corrected chi connectivity index (χ2v) is 5.74. The van der Waals surface area contributed by atoms with E-state index in [1.165, 1.54) is 13.2 Å². The molecule has 1 unspecified atom stereocenters. The van der Waals surface area contributed by atoms with Gasteiger partial charge in [0.15, 0.2) is 5.82 Å². The van der Waals surface area contributed by atoms with Gasteiger partial charge < -0.3 is 15.0 Å². The maximum atomic E-state index is 13.3. The minimum Gasteiger partial charge on any atom is -0.374 e. The zero-order chi connectivity index (χ0) is 18.0. The number of imidazole rings is 1. The fourth-order valence-corrected chi connectivity index (χ4v) is 2.43. The first-order valence-corrected chi connectivity index (χ1v) is 7.29. The lowest BCUT2D eigenvalue weighted by Gasteiger charge is -2.29. The third-order valence-electron chi connectivity index (χ3n) is 3.46. The van der Waals surface area contributed by atoms with Gasteiger partial charge in [-0.1, -0.05) is 23.7 Å². The quantitative estimate of drug-likeness (QED) is 0.860. The lowest BCUT2D eigenvalue weighted by Crippen LogP contribution is -2.47. The van der Waals surface area contributed by atoms with E-state index in [1.54, 1.807) is 24.3 Å². The van der Waals surface area contributed by atoms with Crippen LogP contribution in [0.2, 0.25) is 5.02 Å². The van der Waals surface area contributed by atoms with Gasteiger partial charge in [0.2, 0.25) is 11.5 Å². The van der Waals surface area contributed by atoms with Crippen molar-refractivity contribution in [3.63, 3.8) is 0 Å². The van der Waals surface area contributed by atoms with Crippen LogP contribution in [0.15, 0.2) is 36.7 Å². The number of halogens is 4. The van der Waals surface area contributed by atoms with Crippen LogP contribution < -0.4 is 5.32 Å². The molecule has 0 spiro atoms. The van der Waals surface area contributed by atoms with Crippen molar-refractivity contribution in [1.29, 1.82) is 0 Å². The lowest BCUT2D eigenvalue weighted by atomic mass is 9.97. The van der Waals surface area contributed by atoms with Crippen molar-refractivity contribution >= 4 is 17.5 Å². The summed E-state index contributed by atoms with van der Waals surface area (Å²) in [5.74, 6) is -1.61. The summed E-state index contributed by atoms with van der Waals surface area (Å²) in [5.41, 5.74) is -2.74. The van der Waals surface area contributed by atoms with E-state index >= 15 is 0 Å². The molecule has 1 aromatic heterocycles. The number of hydrogen-bond donors (Lipinski definition) is 2. The normalized spacial score (nSPS) is 14.2. The standard InChI is InChI=1S/C15H15ClF3N3O2/c1-22-6-5-20-13(22)14(24,15(17,18)19)8-12(23)21-9-10-3-2-4-11(16)7-10/h2-7,24H,8-9H2,1H3,(H,21,23). The number of aromatic nitrogens is 2. The molecule has 1 atom stereocenters. The molecule has 0 saturated carbocycles. The van der Waals surface area contributed by atoms with E-state index in [-0.39, 0.29) is 6.54 Å². The summed E-state index contributed by atoms with van der Waals surface area (Å²) in [6.45, 7) is -0.00606. The predicted molar refractivity (Wildman–Crippen MR) is 81.1 cm³/mol. The van der Waals surface area contributed by atoms with Gasteiger partial charge in [-0.15, -0.1) is 0 Å². The summed E-state index contributed by atoms with van der Waals surface area (Å²) in [4.78, 5) is 15.5. The Bertz CT molecular complexity index is 733. The number of amides is 1. The highest BCUT2D eigenvalue weighted by molar-refractivity contribution is 6.30. The summed E-state index contributed by atoms with van der Waals surface area (Å²) in [6, 6.07) is 6.54. The van der Waals surface area contributed by atoms with Gasteiger partial charge in [0.05, 0.1) is 6.42 Å². The van der Waals surface area contributed by atoms with Crippen molar-refractivity contribution in [2.75, 3.05) is 0 Å². The number of rotatable bonds is 5. The average Bonchev–Trinajstić information content (AvgIpc) is 2.90. The number of benzene rings is 1. The molecule has 24 heavy (non-hydrogen) atoms. The summed E-state index contributed by atoms with van der Waals surface area (Å²) in [7, 11) is 1.31. The van der Waals surface area contributed by atoms with E-state index < -0.39 is 29.9 Å². The van der Waals surface area contributed by atoms with Crippen molar-refractivity contribution in [3.8, 4) is 0 Å². The SMILES string of the molecule is Cn1ccnc1C(O)(CC(=O)NCc1cccc(Cl)c1)C(F)(F)F. The Balaban J connectivity index is 2.13. The molecule has 130 valence electrons. The summed E-state index contributed by atoms with van der Waals surface area (Å²) in [5, 5.41) is 12.9. The van der Waals surface area contributed by atoms with Crippen molar-refractivity contribution in [2.24, 2.45) is 7.05 Å². The van der Waals surface area contributed by atoms with Crippen molar-refractivity contribution in [1.82, 2.24) is 14.9 Å². The third kappa shape index (κ3) is 3.88. The van der Waals surface area contributed by atoms with Gasteiger partial charge in [-0.2, -0.15) is 13.2 Å². The smallest absolute Gasteiger partial charge is 0.374 e. The molecule has 1 aromatic carbocycles. The van der Waals surface area contributed by atoms with Crippen LogP contribution in [0, 0.1) is 0 Å². The van der Waals surface area contributed by atoms with Crippen LogP contribution >= 0.6 is 11.6 Å². The van der Waals surface area contributed by atoms with Crippen LogP contribution in [-0.4, -0.2) is 26.7 Å². The number of aliphatic hydroxyl groups is 1. The van der Waals surface area contributed by atoms with Gasteiger partial charge in [-0.05, 0) is 17.7 Å². The fraction of sp³-hybridized carbons (Fsp3) is 0.333. The Hall–Kier alpha value is -2.06. The molecule has 0 aliphatic heterocycles. The molecule has 1 heterocycles. The Morgan fingerprint density at radius 3 is 2.67 bits per heavy atom. The van der Waals surface area contributed by atoms with Crippen molar-refractivity contribution in [2.45, 2.75) is 24.7 Å². The predicted octanol–water partition coefficient (Wildman–Crippen LogP) is 2.53. The van der Waals surface area contributed by atoms with Gasteiger partial charge in [0, 0.05) is 31.0 Å². The number of carbonyl (C=O) groups excluding carboxylic acids is 1. The number of alkyl halides is 3. The molecule has 0 aliphatic rings. The molecule has 2 rings (SSSR count). The topological polar surface area (TPSA) is 67.1 Å². The summed E-state index contributed by atoms with van der Waals surface area (Å²) < 4.78 is 41.0. The second-order valence-electron chi connectivity index (χ2n) is 5.30. The van der Waals surface area contributed by atoms with E-state index in [2.05, 4.69) is 10.3 Å². The minimum absolute atomic E-state index is 0.00606. The van der Waals surface area contributed by atoms with E-state index in [0.717, 1.165) is 10.8 Å². The maximum Gasteiger partial charge on any atom is 0.425 e. The van der Waals surface area contributed by atoms with Crippen LogP contribution in [0.3, 0.4) is 0 Å². The van der Waals surface area contributed by atoms with Crippen LogP contribution in [0.25, 0.3) is 0 Å². The van der Waals surface area contributed by atoms with Gasteiger partial charge >= 0.3 is 6.18 Å². The molecule has 0 aliphatic carbocycles. The largest absolute Gasteiger partial charge is 0.425 e. The highest BCUT2D eigenvalue weighted by Crippen LogP contribution is 2.40. The van der Waals surface area contributed by atoms with Gasteiger partial charge in [-0.25, -0.2) is 4.98 Å². The molecule has 2 N–H and O–H groups in total. The number of hydrogen-bond acceptors (Lipinski definition) is 3. The number of nitrogens with zero attached hydrogens (tertiary/aromatic N) is 2. The first-order chi connectivity index (χ1) is 11.1. The Labute approximate surface area is 141 Å². The van der Waals surface area contributed by atoms with Crippen LogP contribution in [0.5, 0.6) is 0 Å². The molecule has 0 radical (unpaired) electrons. The molecule has 0 saturated heterocycles. The number of nitrogens with one attached hydrogen (secondary N) is 1. The van der Waals surface area contributed by atoms with Gasteiger partial charge in [0.1, 0.15) is 0 Å². The zero-order valence-electron chi connectivity index (χ0n) is 12.6. The van der Waals surface area contributed by atoms with Gasteiger partial charge in [-0.3, -0.25) is 4.79 Å². The van der Waals surface area contributed by atoms with E-state index in [9.17, 15) is 23.1 Å². The van der Waals surface area contributed by atoms with Crippen LogP contribution in [-0.2, 0) is 24.0 Å². The first kappa shape index (κ1) is 18.3. The van der Waals surface area contributed by atoms with E-state index in [1.807, 2.05) is 0 Å². The third-order valence-corrected chi connectivity index (χ3v) is 3.69. The molecule has 5 nitrogen and oxygen atoms in total. The molecular weight excluding hydrogens is 347 g/mol. The fourth-order valence-electron chi connectivity index (χ4n) is 2.21. The molecule has 2 aromatic rings. The van der Waals surface area contributed by atoms with Crippen LogP contribution in [0.1, 0.15) is 17.8 Å². The second kappa shape index (κ2) is 6.82. The number of carbonyl (C=O) groups is 1. The highest BCUT2D eigenvalue weighted by atomic mass is 35.5.